The molecule has 0 radical (unpaired) electrons. The van der Waals surface area contributed by atoms with Crippen molar-refractivity contribution >= 4 is 46.4 Å². The summed E-state index contributed by atoms with van der Waals surface area (Å²) >= 11 is 18.2. The second kappa shape index (κ2) is 9.89. The molecule has 0 unspecified atom stereocenters. The average molecular weight is 533 g/mol. The van der Waals surface area contributed by atoms with E-state index in [2.05, 4.69) is 20.2 Å². The molecule has 1 aliphatic rings. The lowest BCUT2D eigenvalue weighted by Gasteiger charge is -2.36. The minimum Gasteiger partial charge on any atom is -0.367 e. The highest BCUT2D eigenvalue weighted by Gasteiger charge is 2.24. The van der Waals surface area contributed by atoms with Crippen molar-refractivity contribution in [1.29, 1.82) is 0 Å². The Morgan fingerprint density at radius 2 is 1.71 bits per heavy atom. The van der Waals surface area contributed by atoms with Gasteiger partial charge in [-0.05, 0) is 18.2 Å². The van der Waals surface area contributed by atoms with Gasteiger partial charge in [0.15, 0.2) is 10.6 Å². The second-order valence-corrected chi connectivity index (χ2v) is 9.54. The van der Waals surface area contributed by atoms with Gasteiger partial charge in [0.2, 0.25) is 11.7 Å². The zero-order valence-corrected chi connectivity index (χ0v) is 20.9. The molecule has 1 amide bonds. The molecule has 5 rings (SSSR count). The highest BCUT2D eigenvalue weighted by atomic mass is 35.5. The Kier molecular flexibility index (Phi) is 6.69. The third-order valence-corrected chi connectivity index (χ3v) is 6.55. The van der Waals surface area contributed by atoms with E-state index in [0.29, 0.717) is 54.0 Å². The van der Waals surface area contributed by atoms with Gasteiger partial charge in [-0.2, -0.15) is 4.98 Å². The molecule has 1 fully saturated rings. The van der Waals surface area contributed by atoms with Crippen molar-refractivity contribution in [1.82, 2.24) is 20.2 Å². The number of alkyl halides is 2. The topological polar surface area (TPSA) is 88.5 Å². The Labute approximate surface area is 216 Å². The molecule has 0 saturated carbocycles. The lowest BCUT2D eigenvalue weighted by Crippen LogP contribution is -2.48. The molecule has 0 N–H and O–H groups in total. The molecular formula is C24H20Cl3N5O3. The van der Waals surface area contributed by atoms with E-state index >= 15 is 0 Å². The van der Waals surface area contributed by atoms with Crippen LogP contribution >= 0.6 is 34.8 Å². The first-order valence-corrected chi connectivity index (χ1v) is 12.1. The standard InChI is InChI=1S/C24H20Cl3N5O3/c1-14(33)31-8-10-32(11-9-31)19-7-3-6-17(25)21(19)18-13-20(34-29-18)15-4-2-5-16(12-15)23-28-24(22(26)27)35-30-23/h2-7,12-13,22H,8-11H2,1H3. The average Bonchev–Trinajstić information content (AvgIpc) is 3.55. The molecular weight excluding hydrogens is 513 g/mol. The fourth-order valence-corrected chi connectivity index (χ4v) is 4.52. The number of carbonyl (C=O) groups excluding carboxylic acids is 1. The van der Waals surface area contributed by atoms with Gasteiger partial charge in [0, 0.05) is 61.5 Å². The third-order valence-electron chi connectivity index (χ3n) is 5.86. The smallest absolute Gasteiger partial charge is 0.260 e. The summed E-state index contributed by atoms with van der Waals surface area (Å²) in [7, 11) is 0. The molecule has 0 bridgehead atoms. The van der Waals surface area contributed by atoms with Crippen LogP contribution in [0.3, 0.4) is 0 Å². The number of carbonyl (C=O) groups is 1. The van der Waals surface area contributed by atoms with Crippen LogP contribution in [0.25, 0.3) is 34.0 Å². The van der Waals surface area contributed by atoms with Crippen LogP contribution in [-0.2, 0) is 4.79 Å². The van der Waals surface area contributed by atoms with Crippen molar-refractivity contribution in [3.8, 4) is 34.0 Å². The number of benzene rings is 2. The van der Waals surface area contributed by atoms with E-state index < -0.39 is 4.84 Å². The summed E-state index contributed by atoms with van der Waals surface area (Å²) in [5, 5.41) is 8.82. The fourth-order valence-electron chi connectivity index (χ4n) is 4.07. The van der Waals surface area contributed by atoms with Crippen LogP contribution in [0.15, 0.2) is 57.6 Å². The van der Waals surface area contributed by atoms with Crippen LogP contribution in [-0.4, -0.2) is 52.3 Å². The first kappa shape index (κ1) is 23.7. The number of hydrogen-bond acceptors (Lipinski definition) is 7. The zero-order valence-electron chi connectivity index (χ0n) is 18.6. The number of halogens is 3. The summed E-state index contributed by atoms with van der Waals surface area (Å²) in [5.41, 5.74) is 3.85. The zero-order chi connectivity index (χ0) is 24.5. The maximum atomic E-state index is 11.7. The van der Waals surface area contributed by atoms with Crippen molar-refractivity contribution in [2.45, 2.75) is 11.8 Å². The molecule has 8 nitrogen and oxygen atoms in total. The van der Waals surface area contributed by atoms with Crippen molar-refractivity contribution < 1.29 is 13.8 Å². The Hall–Kier alpha value is -3.07. The molecule has 2 aromatic carbocycles. The number of anilines is 1. The largest absolute Gasteiger partial charge is 0.367 e. The molecule has 1 saturated heterocycles. The number of amides is 1. The van der Waals surface area contributed by atoms with Gasteiger partial charge >= 0.3 is 0 Å². The summed E-state index contributed by atoms with van der Waals surface area (Å²) < 4.78 is 10.8. The van der Waals surface area contributed by atoms with Crippen LogP contribution in [0.4, 0.5) is 5.69 Å². The quantitative estimate of drug-likeness (QED) is 0.298. The van der Waals surface area contributed by atoms with Gasteiger partial charge in [0.25, 0.3) is 5.89 Å². The van der Waals surface area contributed by atoms with Gasteiger partial charge < -0.3 is 18.8 Å². The van der Waals surface area contributed by atoms with Gasteiger partial charge in [-0.1, -0.05) is 69.4 Å². The van der Waals surface area contributed by atoms with Gasteiger partial charge in [0.1, 0.15) is 5.69 Å². The van der Waals surface area contributed by atoms with Crippen molar-refractivity contribution in [2.24, 2.45) is 0 Å². The molecule has 1 aliphatic heterocycles. The number of hydrogen-bond donors (Lipinski definition) is 0. The lowest BCUT2D eigenvalue weighted by molar-refractivity contribution is -0.129. The van der Waals surface area contributed by atoms with E-state index in [0.717, 1.165) is 16.8 Å². The normalized spacial score (nSPS) is 14.1. The minimum absolute atomic E-state index is 0.0847. The Morgan fingerprint density at radius 3 is 2.43 bits per heavy atom. The monoisotopic (exact) mass is 531 g/mol. The van der Waals surface area contributed by atoms with Crippen LogP contribution < -0.4 is 4.90 Å². The van der Waals surface area contributed by atoms with Crippen LogP contribution in [0.5, 0.6) is 0 Å². The molecule has 11 heteroatoms. The molecule has 4 aromatic rings. The first-order chi connectivity index (χ1) is 16.9. The minimum atomic E-state index is -0.897. The molecule has 2 aromatic heterocycles. The molecule has 180 valence electrons. The molecule has 0 spiro atoms. The summed E-state index contributed by atoms with van der Waals surface area (Å²) in [4.78, 5) is 19.1. The van der Waals surface area contributed by atoms with Gasteiger partial charge in [-0.25, -0.2) is 0 Å². The lowest BCUT2D eigenvalue weighted by atomic mass is 10.0. The molecule has 0 atom stereocenters. The SMILES string of the molecule is CC(=O)N1CCN(c2cccc(Cl)c2-c2cc(-c3cccc(-c4noc(C(Cl)Cl)n4)c3)on2)CC1. The Bertz CT molecular complexity index is 1360. The molecule has 3 heterocycles. The van der Waals surface area contributed by atoms with E-state index in [1.807, 2.05) is 53.4 Å². The highest BCUT2D eigenvalue weighted by molar-refractivity contribution is 6.43. The second-order valence-electron chi connectivity index (χ2n) is 8.04. The van der Waals surface area contributed by atoms with Gasteiger partial charge in [-0.15, -0.1) is 0 Å². The van der Waals surface area contributed by atoms with Gasteiger partial charge in [-0.3, -0.25) is 4.79 Å². The third kappa shape index (κ3) is 4.87. The summed E-state index contributed by atoms with van der Waals surface area (Å²) in [6.45, 7) is 4.32. The maximum absolute atomic E-state index is 11.7. The predicted molar refractivity (Wildman–Crippen MR) is 135 cm³/mol. The van der Waals surface area contributed by atoms with Crippen molar-refractivity contribution in [2.75, 3.05) is 31.1 Å². The Morgan fingerprint density at radius 1 is 0.971 bits per heavy atom. The summed E-state index contributed by atoms with van der Waals surface area (Å²) in [6.07, 6.45) is 0. The fraction of sp³-hybridized carbons (Fsp3) is 0.250. The van der Waals surface area contributed by atoms with Crippen LogP contribution in [0.2, 0.25) is 5.02 Å². The van der Waals surface area contributed by atoms with E-state index in [1.54, 1.807) is 6.92 Å². The summed E-state index contributed by atoms with van der Waals surface area (Å²) in [5.74, 6) is 1.14. The van der Waals surface area contributed by atoms with Crippen LogP contribution in [0, 0.1) is 0 Å². The predicted octanol–water partition coefficient (Wildman–Crippen LogP) is 5.86. The van der Waals surface area contributed by atoms with E-state index in [1.165, 1.54) is 0 Å². The molecule has 0 aliphatic carbocycles. The van der Waals surface area contributed by atoms with E-state index in [9.17, 15) is 4.79 Å². The number of aromatic nitrogens is 3. The van der Waals surface area contributed by atoms with Crippen molar-refractivity contribution in [3.63, 3.8) is 0 Å². The Balaban J connectivity index is 1.44. The highest BCUT2D eigenvalue weighted by Crippen LogP contribution is 2.39. The van der Waals surface area contributed by atoms with Gasteiger partial charge in [0.05, 0.1) is 5.02 Å². The van der Waals surface area contributed by atoms with Crippen LogP contribution in [0.1, 0.15) is 17.7 Å². The van der Waals surface area contributed by atoms with E-state index in [-0.39, 0.29) is 11.8 Å². The molecule has 35 heavy (non-hydrogen) atoms. The first-order valence-electron chi connectivity index (χ1n) is 10.9. The number of piperazine rings is 1. The van der Waals surface area contributed by atoms with E-state index in [4.69, 9.17) is 43.8 Å². The number of rotatable bonds is 5. The summed E-state index contributed by atoms with van der Waals surface area (Å²) in [6, 6.07) is 15.1. The number of nitrogens with zero attached hydrogens (tertiary/aromatic N) is 5. The van der Waals surface area contributed by atoms with Crippen molar-refractivity contribution in [3.05, 3.63) is 59.4 Å². The maximum Gasteiger partial charge on any atom is 0.260 e.